The standard InChI is InChI=1S/C15H18N4S/c1-2-9-16-12(4-1)13-18-19-14(20-13)17-10-15(7-3-8-15)11-5-6-11/h1-2,4,9,11H,3,5-8,10H2,(H,17,19). The Labute approximate surface area is 122 Å². The number of pyridine rings is 1. The fourth-order valence-corrected chi connectivity index (χ4v) is 3.91. The Morgan fingerprint density at radius 3 is 2.80 bits per heavy atom. The van der Waals surface area contributed by atoms with Gasteiger partial charge in [0.1, 0.15) is 5.69 Å². The van der Waals surface area contributed by atoms with Gasteiger partial charge in [-0.15, -0.1) is 10.2 Å². The molecule has 5 heteroatoms. The molecule has 0 amide bonds. The highest BCUT2D eigenvalue weighted by Gasteiger charge is 2.48. The number of anilines is 1. The van der Waals surface area contributed by atoms with Gasteiger partial charge in [-0.25, -0.2) is 0 Å². The third kappa shape index (κ3) is 2.20. The molecule has 2 aliphatic rings. The zero-order valence-electron chi connectivity index (χ0n) is 11.4. The van der Waals surface area contributed by atoms with Crippen LogP contribution in [0.25, 0.3) is 10.7 Å². The minimum absolute atomic E-state index is 0.566. The van der Waals surface area contributed by atoms with E-state index in [0.717, 1.165) is 28.3 Å². The Morgan fingerprint density at radius 1 is 1.25 bits per heavy atom. The van der Waals surface area contributed by atoms with Crippen molar-refractivity contribution in [1.29, 1.82) is 0 Å². The van der Waals surface area contributed by atoms with E-state index in [9.17, 15) is 0 Å². The van der Waals surface area contributed by atoms with Gasteiger partial charge in [-0.2, -0.15) is 0 Å². The van der Waals surface area contributed by atoms with Crippen LogP contribution in [0.5, 0.6) is 0 Å². The maximum absolute atomic E-state index is 4.32. The van der Waals surface area contributed by atoms with Crippen LogP contribution in [0.4, 0.5) is 5.13 Å². The van der Waals surface area contributed by atoms with E-state index in [4.69, 9.17) is 0 Å². The van der Waals surface area contributed by atoms with Crippen molar-refractivity contribution < 1.29 is 0 Å². The van der Waals surface area contributed by atoms with Crippen LogP contribution in [0, 0.1) is 11.3 Å². The maximum atomic E-state index is 4.32. The molecule has 0 saturated heterocycles. The van der Waals surface area contributed by atoms with Crippen LogP contribution in [0.3, 0.4) is 0 Å². The van der Waals surface area contributed by atoms with Crippen molar-refractivity contribution in [2.24, 2.45) is 11.3 Å². The van der Waals surface area contributed by atoms with Crippen molar-refractivity contribution in [3.05, 3.63) is 24.4 Å². The molecule has 104 valence electrons. The summed E-state index contributed by atoms with van der Waals surface area (Å²) in [5.41, 5.74) is 1.47. The third-order valence-electron chi connectivity index (χ3n) is 4.69. The van der Waals surface area contributed by atoms with Gasteiger partial charge in [0.15, 0.2) is 5.01 Å². The van der Waals surface area contributed by atoms with Gasteiger partial charge in [-0.1, -0.05) is 23.8 Å². The predicted octanol–water partition coefficient (Wildman–Crippen LogP) is 3.59. The summed E-state index contributed by atoms with van der Waals surface area (Å²) in [7, 11) is 0. The quantitative estimate of drug-likeness (QED) is 0.912. The minimum Gasteiger partial charge on any atom is -0.360 e. The lowest BCUT2D eigenvalue weighted by molar-refractivity contribution is 0.118. The summed E-state index contributed by atoms with van der Waals surface area (Å²) in [6, 6.07) is 5.87. The fourth-order valence-electron chi connectivity index (χ4n) is 3.20. The number of hydrogen-bond donors (Lipinski definition) is 1. The van der Waals surface area contributed by atoms with E-state index in [2.05, 4.69) is 20.5 Å². The van der Waals surface area contributed by atoms with Crippen molar-refractivity contribution in [3.63, 3.8) is 0 Å². The number of aromatic nitrogens is 3. The molecule has 2 saturated carbocycles. The molecule has 0 aromatic carbocycles. The highest BCUT2D eigenvalue weighted by atomic mass is 32.1. The molecule has 2 fully saturated rings. The monoisotopic (exact) mass is 286 g/mol. The van der Waals surface area contributed by atoms with E-state index >= 15 is 0 Å². The first-order valence-corrected chi connectivity index (χ1v) is 8.16. The molecule has 1 N–H and O–H groups in total. The minimum atomic E-state index is 0.566. The lowest BCUT2D eigenvalue weighted by atomic mass is 9.65. The summed E-state index contributed by atoms with van der Waals surface area (Å²) >= 11 is 1.60. The van der Waals surface area contributed by atoms with Crippen LogP contribution < -0.4 is 5.32 Å². The molecular weight excluding hydrogens is 268 g/mol. The first-order valence-electron chi connectivity index (χ1n) is 7.35. The second-order valence-electron chi connectivity index (χ2n) is 5.97. The van der Waals surface area contributed by atoms with Gasteiger partial charge in [0, 0.05) is 12.7 Å². The van der Waals surface area contributed by atoms with Gasteiger partial charge in [-0.05, 0) is 49.1 Å². The summed E-state index contributed by atoms with van der Waals surface area (Å²) in [6.07, 6.45) is 8.81. The SMILES string of the molecule is c1ccc(-c2nnc(NCC3(C4CC4)CCC3)s2)nc1. The van der Waals surface area contributed by atoms with E-state index in [1.807, 2.05) is 18.2 Å². The molecule has 20 heavy (non-hydrogen) atoms. The zero-order chi connectivity index (χ0) is 13.4. The molecule has 4 rings (SSSR count). The number of nitrogens with zero attached hydrogens (tertiary/aromatic N) is 3. The fraction of sp³-hybridized carbons (Fsp3) is 0.533. The molecule has 2 aromatic heterocycles. The van der Waals surface area contributed by atoms with Gasteiger partial charge in [0.2, 0.25) is 5.13 Å². The van der Waals surface area contributed by atoms with E-state index < -0.39 is 0 Å². The van der Waals surface area contributed by atoms with Crippen molar-refractivity contribution in [1.82, 2.24) is 15.2 Å². The van der Waals surface area contributed by atoms with Gasteiger partial charge >= 0.3 is 0 Å². The summed E-state index contributed by atoms with van der Waals surface area (Å²) in [5.74, 6) is 0.965. The largest absolute Gasteiger partial charge is 0.360 e. The molecule has 2 aliphatic carbocycles. The van der Waals surface area contributed by atoms with Gasteiger partial charge in [0.05, 0.1) is 0 Å². The van der Waals surface area contributed by atoms with Crippen molar-refractivity contribution in [2.75, 3.05) is 11.9 Å². The van der Waals surface area contributed by atoms with Crippen molar-refractivity contribution in [2.45, 2.75) is 32.1 Å². The highest BCUT2D eigenvalue weighted by molar-refractivity contribution is 7.18. The normalized spacial score (nSPS) is 20.4. The number of hydrogen-bond acceptors (Lipinski definition) is 5. The number of nitrogens with one attached hydrogen (secondary N) is 1. The second-order valence-corrected chi connectivity index (χ2v) is 6.95. The van der Waals surface area contributed by atoms with E-state index in [1.54, 1.807) is 17.5 Å². The van der Waals surface area contributed by atoms with Crippen LogP contribution in [0.15, 0.2) is 24.4 Å². The zero-order valence-corrected chi connectivity index (χ0v) is 12.2. The van der Waals surface area contributed by atoms with Crippen LogP contribution in [-0.4, -0.2) is 21.7 Å². The van der Waals surface area contributed by atoms with Gasteiger partial charge in [-0.3, -0.25) is 4.98 Å². The van der Waals surface area contributed by atoms with Crippen LogP contribution in [0.1, 0.15) is 32.1 Å². The molecule has 0 aliphatic heterocycles. The molecule has 0 unspecified atom stereocenters. The summed E-state index contributed by atoms with van der Waals surface area (Å²) in [4.78, 5) is 4.32. The number of rotatable bonds is 5. The van der Waals surface area contributed by atoms with Crippen molar-refractivity contribution >= 4 is 16.5 Å². The van der Waals surface area contributed by atoms with Crippen molar-refractivity contribution in [3.8, 4) is 10.7 Å². The van der Waals surface area contributed by atoms with Crippen LogP contribution in [-0.2, 0) is 0 Å². The average Bonchev–Trinajstić information content (AvgIpc) is 3.17. The predicted molar refractivity (Wildman–Crippen MR) is 80.6 cm³/mol. The Bertz CT molecular complexity index is 587. The van der Waals surface area contributed by atoms with E-state index in [0.29, 0.717) is 5.41 Å². The van der Waals surface area contributed by atoms with Gasteiger partial charge in [0.25, 0.3) is 0 Å². The topological polar surface area (TPSA) is 50.7 Å². The maximum Gasteiger partial charge on any atom is 0.206 e. The highest BCUT2D eigenvalue weighted by Crippen LogP contribution is 2.57. The Kier molecular flexibility index (Phi) is 2.95. The third-order valence-corrected chi connectivity index (χ3v) is 5.60. The molecule has 0 bridgehead atoms. The summed E-state index contributed by atoms with van der Waals surface area (Å²) in [6.45, 7) is 1.06. The first-order chi connectivity index (χ1) is 9.86. The molecule has 2 heterocycles. The molecule has 4 nitrogen and oxygen atoms in total. The van der Waals surface area contributed by atoms with E-state index in [-0.39, 0.29) is 0 Å². The lowest BCUT2D eigenvalue weighted by Crippen LogP contribution is -2.38. The van der Waals surface area contributed by atoms with E-state index in [1.165, 1.54) is 32.1 Å². The lowest BCUT2D eigenvalue weighted by Gasteiger charge is -2.42. The van der Waals surface area contributed by atoms with Crippen LogP contribution >= 0.6 is 11.3 Å². The molecule has 0 radical (unpaired) electrons. The summed E-state index contributed by atoms with van der Waals surface area (Å²) < 4.78 is 0. The first kappa shape index (κ1) is 12.3. The molecule has 2 aromatic rings. The Balaban J connectivity index is 1.44. The molecule has 0 atom stereocenters. The Hall–Kier alpha value is -1.49. The van der Waals surface area contributed by atoms with Gasteiger partial charge < -0.3 is 5.32 Å². The summed E-state index contributed by atoms with van der Waals surface area (Å²) in [5, 5.41) is 13.8. The van der Waals surface area contributed by atoms with Crippen LogP contribution in [0.2, 0.25) is 0 Å². The smallest absolute Gasteiger partial charge is 0.206 e. The Morgan fingerprint density at radius 2 is 2.15 bits per heavy atom. The molecule has 0 spiro atoms. The molecular formula is C15H18N4S. The second kappa shape index (κ2) is 4.81. The average molecular weight is 286 g/mol.